The summed E-state index contributed by atoms with van der Waals surface area (Å²) >= 11 is 4.50. The number of thiocarbonyl (C=S) groups is 1. The number of benzene rings is 1. The molecule has 0 fully saturated rings. The maximum absolute atomic E-state index is 10.0. The first-order valence-corrected chi connectivity index (χ1v) is 4.70. The Morgan fingerprint density at radius 2 is 1.93 bits per heavy atom. The van der Waals surface area contributed by atoms with Gasteiger partial charge in [-0.25, -0.2) is 5.01 Å². The topological polar surface area (TPSA) is 58.4 Å². The lowest BCUT2D eigenvalue weighted by Crippen LogP contribution is -2.39. The Hall–Kier alpha value is -1.46. The summed E-state index contributed by atoms with van der Waals surface area (Å²) in [6.07, 6.45) is 0.833. The molecule has 0 aliphatic rings. The Balaban J connectivity index is 0.000000265. The molecule has 0 spiro atoms. The number of hydrazine groups is 1. The first-order chi connectivity index (χ1) is 7.06. The fourth-order valence-electron chi connectivity index (χ4n) is 0.752. The van der Waals surface area contributed by atoms with Gasteiger partial charge < -0.3 is 5.73 Å². The molecule has 5 heteroatoms. The van der Waals surface area contributed by atoms with Crippen LogP contribution in [0.25, 0.3) is 0 Å². The lowest BCUT2D eigenvalue weighted by molar-refractivity contribution is 0.112. The minimum atomic E-state index is 0.296. The summed E-state index contributed by atoms with van der Waals surface area (Å²) in [4.78, 5) is 10.0. The Labute approximate surface area is 95.0 Å². The molecule has 82 valence electrons. The molecule has 0 saturated heterocycles. The second kappa shape index (κ2) is 7.90. The third-order valence-electron chi connectivity index (χ3n) is 1.27. The van der Waals surface area contributed by atoms with Crippen molar-refractivity contribution in [1.82, 2.24) is 10.4 Å². The highest BCUT2D eigenvalue weighted by Crippen LogP contribution is 1.91. The third kappa shape index (κ3) is 8.86. The van der Waals surface area contributed by atoms with Gasteiger partial charge in [-0.2, -0.15) is 0 Å². The van der Waals surface area contributed by atoms with Gasteiger partial charge in [0.15, 0.2) is 5.11 Å². The number of nitrogens with two attached hydrogens (primary N) is 1. The largest absolute Gasteiger partial charge is 0.375 e. The Morgan fingerprint density at radius 3 is 2.13 bits per heavy atom. The molecule has 1 aromatic rings. The molecule has 4 nitrogen and oxygen atoms in total. The monoisotopic (exact) mass is 225 g/mol. The van der Waals surface area contributed by atoms with Gasteiger partial charge in [0.25, 0.3) is 0 Å². The zero-order valence-electron chi connectivity index (χ0n) is 8.81. The number of nitrogens with one attached hydrogen (secondary N) is 1. The summed E-state index contributed by atoms with van der Waals surface area (Å²) < 4.78 is 0. The van der Waals surface area contributed by atoms with E-state index in [1.165, 1.54) is 0 Å². The Morgan fingerprint density at radius 1 is 1.40 bits per heavy atom. The van der Waals surface area contributed by atoms with Crippen molar-refractivity contribution >= 4 is 23.6 Å². The maximum Gasteiger partial charge on any atom is 0.178 e. The first-order valence-electron chi connectivity index (χ1n) is 4.30. The van der Waals surface area contributed by atoms with Crippen LogP contribution in [0.5, 0.6) is 0 Å². The summed E-state index contributed by atoms with van der Waals surface area (Å²) in [6.45, 7) is 0. The highest BCUT2D eigenvalue weighted by Gasteiger charge is 1.83. The molecule has 0 aliphatic carbocycles. The predicted molar refractivity (Wildman–Crippen MR) is 65.4 cm³/mol. The van der Waals surface area contributed by atoms with E-state index in [2.05, 4.69) is 17.6 Å². The Bertz CT molecular complexity index is 301. The lowest BCUT2D eigenvalue weighted by atomic mass is 10.2. The van der Waals surface area contributed by atoms with Crippen molar-refractivity contribution < 1.29 is 4.79 Å². The molecular formula is C10H15N3OS. The van der Waals surface area contributed by atoms with Gasteiger partial charge >= 0.3 is 0 Å². The van der Waals surface area contributed by atoms with E-state index in [1.807, 2.05) is 32.3 Å². The normalized spacial score (nSPS) is 8.73. The second-order valence-electron chi connectivity index (χ2n) is 2.90. The summed E-state index contributed by atoms with van der Waals surface area (Å²) in [7, 11) is 3.64. The maximum atomic E-state index is 10.0. The van der Waals surface area contributed by atoms with Gasteiger partial charge in [0.05, 0.1) is 0 Å². The summed E-state index contributed by atoms with van der Waals surface area (Å²) in [6, 6.07) is 9.10. The van der Waals surface area contributed by atoms with E-state index in [0.717, 1.165) is 11.8 Å². The standard InChI is InChI=1S/C7H6O.C3H9N3S/c8-6-7-4-2-1-3-5-7;1-6(2)5-3(4)7/h1-6H;1-2H3,(H3,4,5,7). The van der Waals surface area contributed by atoms with Gasteiger partial charge in [-0.3, -0.25) is 10.2 Å². The van der Waals surface area contributed by atoms with Crippen LogP contribution in [0.4, 0.5) is 0 Å². The van der Waals surface area contributed by atoms with Crippen molar-refractivity contribution in [3.8, 4) is 0 Å². The smallest absolute Gasteiger partial charge is 0.178 e. The van der Waals surface area contributed by atoms with Crippen molar-refractivity contribution in [1.29, 1.82) is 0 Å². The van der Waals surface area contributed by atoms with Crippen molar-refractivity contribution in [2.45, 2.75) is 0 Å². The molecule has 0 aromatic heterocycles. The van der Waals surface area contributed by atoms with Crippen LogP contribution in [0.1, 0.15) is 10.4 Å². The number of nitrogens with zero attached hydrogens (tertiary/aromatic N) is 1. The van der Waals surface area contributed by atoms with Crippen LogP contribution in [-0.2, 0) is 0 Å². The van der Waals surface area contributed by atoms with Crippen LogP contribution in [0.15, 0.2) is 30.3 Å². The van der Waals surface area contributed by atoms with Crippen LogP contribution in [-0.4, -0.2) is 30.5 Å². The molecule has 0 aliphatic heterocycles. The van der Waals surface area contributed by atoms with Crippen molar-refractivity contribution in [2.24, 2.45) is 5.73 Å². The number of carbonyl (C=O) groups excluding carboxylic acids is 1. The summed E-state index contributed by atoms with van der Waals surface area (Å²) in [5.41, 5.74) is 8.45. The number of hydrogen-bond acceptors (Lipinski definition) is 3. The fourth-order valence-corrected chi connectivity index (χ4v) is 0.935. The van der Waals surface area contributed by atoms with Gasteiger partial charge in [-0.15, -0.1) is 0 Å². The molecule has 1 aromatic carbocycles. The molecule has 3 N–H and O–H groups in total. The van der Waals surface area contributed by atoms with Crippen molar-refractivity contribution in [3.63, 3.8) is 0 Å². The molecule has 0 heterocycles. The number of hydrogen-bond donors (Lipinski definition) is 2. The molecule has 0 atom stereocenters. The van der Waals surface area contributed by atoms with E-state index < -0.39 is 0 Å². The lowest BCUT2D eigenvalue weighted by Gasteiger charge is -2.09. The fraction of sp³-hybridized carbons (Fsp3) is 0.200. The quantitative estimate of drug-likeness (QED) is 0.443. The molecule has 0 amide bonds. The average Bonchev–Trinajstić information content (AvgIpc) is 2.18. The van der Waals surface area contributed by atoms with Crippen molar-refractivity contribution in [3.05, 3.63) is 35.9 Å². The predicted octanol–water partition coefficient (Wildman–Crippen LogP) is 0.795. The van der Waals surface area contributed by atoms with Crippen LogP contribution in [0.2, 0.25) is 0 Å². The number of rotatable bonds is 2. The van der Waals surface area contributed by atoms with E-state index in [0.29, 0.717) is 5.11 Å². The van der Waals surface area contributed by atoms with Gasteiger partial charge in [0.1, 0.15) is 6.29 Å². The molecule has 0 radical (unpaired) electrons. The van der Waals surface area contributed by atoms with Crippen LogP contribution < -0.4 is 11.2 Å². The Kier molecular flexibility index (Phi) is 7.13. The van der Waals surface area contributed by atoms with Crippen LogP contribution in [0, 0.1) is 0 Å². The average molecular weight is 225 g/mol. The van der Waals surface area contributed by atoms with Crippen molar-refractivity contribution in [2.75, 3.05) is 14.1 Å². The van der Waals surface area contributed by atoms with E-state index in [4.69, 9.17) is 5.73 Å². The molecule has 0 saturated carbocycles. The second-order valence-corrected chi connectivity index (χ2v) is 3.34. The molecule has 0 bridgehead atoms. The highest BCUT2D eigenvalue weighted by atomic mass is 32.1. The minimum Gasteiger partial charge on any atom is -0.375 e. The van der Waals surface area contributed by atoms with Crippen LogP contribution >= 0.6 is 12.2 Å². The number of carbonyl (C=O) groups is 1. The van der Waals surface area contributed by atoms with E-state index in [9.17, 15) is 4.79 Å². The summed E-state index contributed by atoms with van der Waals surface area (Å²) in [5, 5.41) is 1.98. The zero-order valence-corrected chi connectivity index (χ0v) is 9.62. The van der Waals surface area contributed by atoms with Gasteiger partial charge in [-0.05, 0) is 12.2 Å². The SMILES string of the molecule is CN(C)NC(N)=S.O=Cc1ccccc1. The summed E-state index contributed by atoms with van der Waals surface area (Å²) in [5.74, 6) is 0. The van der Waals surface area contributed by atoms with Gasteiger partial charge in [-0.1, -0.05) is 30.3 Å². The first kappa shape index (κ1) is 13.5. The highest BCUT2D eigenvalue weighted by molar-refractivity contribution is 7.80. The molecular weight excluding hydrogens is 210 g/mol. The third-order valence-corrected chi connectivity index (χ3v) is 1.36. The number of aldehydes is 1. The van der Waals surface area contributed by atoms with E-state index in [-0.39, 0.29) is 0 Å². The van der Waals surface area contributed by atoms with Gasteiger partial charge in [0.2, 0.25) is 0 Å². The van der Waals surface area contributed by atoms with E-state index in [1.54, 1.807) is 17.1 Å². The molecule has 0 unspecified atom stereocenters. The van der Waals surface area contributed by atoms with E-state index >= 15 is 0 Å². The molecule has 1 rings (SSSR count). The minimum absolute atomic E-state index is 0.296. The van der Waals surface area contributed by atoms with Crippen LogP contribution in [0.3, 0.4) is 0 Å². The van der Waals surface area contributed by atoms with Gasteiger partial charge in [0, 0.05) is 19.7 Å². The molecule has 15 heavy (non-hydrogen) atoms. The zero-order chi connectivity index (χ0) is 11.7.